The Morgan fingerprint density at radius 1 is 1.23 bits per heavy atom. The maximum Gasteiger partial charge on any atom is 0.225 e. The van der Waals surface area contributed by atoms with Crippen molar-refractivity contribution in [2.24, 2.45) is 18.4 Å². The third-order valence-electron chi connectivity index (χ3n) is 6.76. The second kappa shape index (κ2) is 7.60. The Bertz CT molecular complexity index is 1060. The molecule has 2 fully saturated rings. The van der Waals surface area contributed by atoms with Crippen molar-refractivity contribution < 1.29 is 4.79 Å². The van der Waals surface area contributed by atoms with Crippen LogP contribution in [-0.2, 0) is 18.4 Å². The Balaban J connectivity index is 1.35. The van der Waals surface area contributed by atoms with Gasteiger partial charge in [-0.3, -0.25) is 14.8 Å². The van der Waals surface area contributed by atoms with Crippen molar-refractivity contribution in [2.45, 2.75) is 26.3 Å². The number of amides is 1. The zero-order valence-corrected chi connectivity index (χ0v) is 18.3. The summed E-state index contributed by atoms with van der Waals surface area (Å²) in [5.41, 5.74) is 3.46. The number of likely N-dealkylation sites (tertiary alicyclic amines) is 2. The van der Waals surface area contributed by atoms with Gasteiger partial charge in [0.15, 0.2) is 0 Å². The van der Waals surface area contributed by atoms with Crippen LogP contribution >= 0.6 is 0 Å². The van der Waals surface area contributed by atoms with E-state index in [1.165, 1.54) is 5.56 Å². The molecule has 1 N–H and O–H groups in total. The molecule has 1 unspecified atom stereocenters. The fraction of sp³-hybridized carbons (Fsp3) is 0.478. The number of hydrogen-bond donors (Lipinski definition) is 1. The van der Waals surface area contributed by atoms with Gasteiger partial charge in [-0.15, -0.1) is 10.2 Å². The molecule has 4 heterocycles. The largest absolute Gasteiger partial charge is 0.341 e. The van der Waals surface area contributed by atoms with E-state index in [-0.39, 0.29) is 23.2 Å². The molecule has 0 saturated carbocycles. The Hall–Kier alpha value is -3.00. The number of benzene rings is 1. The number of aromatic amines is 1. The van der Waals surface area contributed by atoms with E-state index >= 15 is 0 Å². The molecule has 3 aromatic rings. The summed E-state index contributed by atoms with van der Waals surface area (Å²) in [5.74, 6) is 1.42. The van der Waals surface area contributed by atoms with Crippen LogP contribution in [0.1, 0.15) is 31.2 Å². The number of aryl methyl sites for hydroxylation is 1. The van der Waals surface area contributed by atoms with E-state index in [0.717, 1.165) is 49.8 Å². The molecule has 0 radical (unpaired) electrons. The van der Waals surface area contributed by atoms with E-state index in [1.54, 1.807) is 6.33 Å². The summed E-state index contributed by atoms with van der Waals surface area (Å²) in [6, 6.07) is 10.3. The van der Waals surface area contributed by atoms with E-state index in [9.17, 15) is 4.79 Å². The molecule has 5 rings (SSSR count). The van der Waals surface area contributed by atoms with E-state index in [2.05, 4.69) is 37.4 Å². The first-order valence-electron chi connectivity index (χ1n) is 10.9. The lowest BCUT2D eigenvalue weighted by molar-refractivity contribution is -0.134. The summed E-state index contributed by atoms with van der Waals surface area (Å²) in [6.45, 7) is 8.17. The molecule has 2 aliphatic heterocycles. The molecule has 1 atom stereocenters. The highest BCUT2D eigenvalue weighted by atomic mass is 16.2. The Labute approximate surface area is 182 Å². The van der Waals surface area contributed by atoms with Gasteiger partial charge in [-0.1, -0.05) is 44.2 Å². The fourth-order valence-electron chi connectivity index (χ4n) is 5.27. The van der Waals surface area contributed by atoms with Crippen LogP contribution in [0.4, 0.5) is 0 Å². The van der Waals surface area contributed by atoms with Crippen molar-refractivity contribution >= 4 is 5.91 Å². The summed E-state index contributed by atoms with van der Waals surface area (Å²) < 4.78 is 2.00. The second-order valence-electron chi connectivity index (χ2n) is 9.37. The normalized spacial score (nSPS) is 20.5. The molecule has 8 heteroatoms. The zero-order valence-electron chi connectivity index (χ0n) is 18.3. The molecule has 31 heavy (non-hydrogen) atoms. The van der Waals surface area contributed by atoms with Crippen LogP contribution in [0.3, 0.4) is 0 Å². The van der Waals surface area contributed by atoms with Gasteiger partial charge in [0, 0.05) is 62.6 Å². The smallest absolute Gasteiger partial charge is 0.225 e. The lowest BCUT2D eigenvalue weighted by Gasteiger charge is -2.50. The van der Waals surface area contributed by atoms with Crippen molar-refractivity contribution in [3.8, 4) is 11.3 Å². The monoisotopic (exact) mass is 419 g/mol. The van der Waals surface area contributed by atoms with Gasteiger partial charge < -0.3 is 9.47 Å². The minimum Gasteiger partial charge on any atom is -0.341 e. The van der Waals surface area contributed by atoms with E-state index in [4.69, 9.17) is 0 Å². The summed E-state index contributed by atoms with van der Waals surface area (Å²) in [7, 11) is 1.99. The minimum atomic E-state index is 0.00540. The second-order valence-corrected chi connectivity index (χ2v) is 9.37. The number of carbonyl (C=O) groups is 1. The first-order valence-corrected chi connectivity index (χ1v) is 10.9. The molecular weight excluding hydrogens is 390 g/mol. The molecule has 0 bridgehead atoms. The number of H-pyrrole nitrogens is 1. The van der Waals surface area contributed by atoms with Crippen LogP contribution < -0.4 is 0 Å². The molecule has 1 amide bonds. The Morgan fingerprint density at radius 3 is 2.68 bits per heavy atom. The van der Waals surface area contributed by atoms with Crippen molar-refractivity contribution in [2.75, 3.05) is 26.2 Å². The van der Waals surface area contributed by atoms with Gasteiger partial charge in [-0.25, -0.2) is 0 Å². The van der Waals surface area contributed by atoms with Gasteiger partial charge in [0.25, 0.3) is 0 Å². The molecule has 2 saturated heterocycles. The molecule has 8 nitrogen and oxygen atoms in total. The molecule has 1 spiro atoms. The highest BCUT2D eigenvalue weighted by Gasteiger charge is 2.56. The first kappa shape index (κ1) is 19.9. The average molecular weight is 420 g/mol. The van der Waals surface area contributed by atoms with E-state index < -0.39 is 0 Å². The zero-order chi connectivity index (χ0) is 21.6. The lowest BCUT2D eigenvalue weighted by atomic mass is 9.71. The van der Waals surface area contributed by atoms with Crippen LogP contribution in [-0.4, -0.2) is 66.8 Å². The number of nitrogens with one attached hydrogen (secondary N) is 1. The highest BCUT2D eigenvalue weighted by Crippen LogP contribution is 2.49. The van der Waals surface area contributed by atoms with Gasteiger partial charge in [-0.05, 0) is 5.56 Å². The number of carbonyl (C=O) groups excluding carboxylic acids is 1. The Kier molecular flexibility index (Phi) is 4.89. The molecule has 1 aromatic carbocycles. The van der Waals surface area contributed by atoms with Gasteiger partial charge in [0.1, 0.15) is 12.2 Å². The van der Waals surface area contributed by atoms with E-state index in [1.807, 2.05) is 54.8 Å². The molecule has 2 aliphatic rings. The SMILES string of the molecule is CC(C)C(=O)N1CC(c2nncn2C)C2(CN(Cc3cn[nH]c3-c3ccccc3)C2)C1. The van der Waals surface area contributed by atoms with Gasteiger partial charge >= 0.3 is 0 Å². The number of hydrogen-bond acceptors (Lipinski definition) is 5. The van der Waals surface area contributed by atoms with Crippen molar-refractivity contribution in [3.63, 3.8) is 0 Å². The maximum atomic E-state index is 12.8. The predicted molar refractivity (Wildman–Crippen MR) is 117 cm³/mol. The predicted octanol–water partition coefficient (Wildman–Crippen LogP) is 2.29. The summed E-state index contributed by atoms with van der Waals surface area (Å²) in [6.07, 6.45) is 3.68. The molecule has 0 aliphatic carbocycles. The van der Waals surface area contributed by atoms with Gasteiger partial charge in [-0.2, -0.15) is 5.10 Å². The molecular formula is C23H29N7O. The third-order valence-corrected chi connectivity index (χ3v) is 6.76. The molecule has 2 aromatic heterocycles. The quantitative estimate of drug-likeness (QED) is 0.686. The van der Waals surface area contributed by atoms with Crippen LogP contribution in [0.2, 0.25) is 0 Å². The maximum absolute atomic E-state index is 12.8. The topological polar surface area (TPSA) is 82.9 Å². The van der Waals surface area contributed by atoms with Crippen LogP contribution in [0.5, 0.6) is 0 Å². The molecule has 162 valence electrons. The van der Waals surface area contributed by atoms with E-state index in [0.29, 0.717) is 0 Å². The first-order chi connectivity index (χ1) is 15.0. The third kappa shape index (κ3) is 3.44. The van der Waals surface area contributed by atoms with Crippen molar-refractivity contribution in [3.05, 3.63) is 54.2 Å². The van der Waals surface area contributed by atoms with Crippen LogP contribution in [0, 0.1) is 11.3 Å². The van der Waals surface area contributed by atoms with Crippen molar-refractivity contribution in [1.82, 2.24) is 34.8 Å². The number of rotatable bonds is 5. The summed E-state index contributed by atoms with van der Waals surface area (Å²) in [4.78, 5) is 17.3. The standard InChI is InChI=1S/C23H29N7O/c1-16(2)22(31)30-11-19(21-27-25-15-28(21)3)23(14-30)12-29(13-23)10-18-9-24-26-20(18)17-7-5-4-6-8-17/h4-9,15-16,19H,10-14H2,1-3H3,(H,24,26). The van der Waals surface area contributed by atoms with Crippen LogP contribution in [0.15, 0.2) is 42.9 Å². The summed E-state index contributed by atoms with van der Waals surface area (Å²) in [5, 5.41) is 16.0. The fourth-order valence-corrected chi connectivity index (χ4v) is 5.27. The minimum absolute atomic E-state index is 0.00540. The lowest BCUT2D eigenvalue weighted by Crippen LogP contribution is -2.59. The number of nitrogens with zero attached hydrogens (tertiary/aromatic N) is 6. The Morgan fingerprint density at radius 2 is 2.00 bits per heavy atom. The van der Waals surface area contributed by atoms with Crippen molar-refractivity contribution in [1.29, 1.82) is 0 Å². The van der Waals surface area contributed by atoms with Gasteiger partial charge in [0.05, 0.1) is 11.9 Å². The summed E-state index contributed by atoms with van der Waals surface area (Å²) >= 11 is 0. The average Bonchev–Trinajstić information content (AvgIpc) is 3.46. The highest BCUT2D eigenvalue weighted by molar-refractivity contribution is 5.78. The van der Waals surface area contributed by atoms with Crippen LogP contribution in [0.25, 0.3) is 11.3 Å². The van der Waals surface area contributed by atoms with Gasteiger partial charge in [0.2, 0.25) is 5.91 Å². The number of aromatic nitrogens is 5.